The van der Waals surface area contributed by atoms with E-state index >= 15 is 0 Å². The lowest BCUT2D eigenvalue weighted by Gasteiger charge is -2.21. The lowest BCUT2D eigenvalue weighted by molar-refractivity contribution is 0.408. The fourth-order valence-corrected chi connectivity index (χ4v) is 5.33. The van der Waals surface area contributed by atoms with Crippen molar-refractivity contribution in [3.63, 3.8) is 0 Å². The number of hydrogen-bond acceptors (Lipinski definition) is 5. The van der Waals surface area contributed by atoms with Gasteiger partial charge in [-0.25, -0.2) is 23.4 Å². The average Bonchev–Trinajstić information content (AvgIpc) is 3.42. The molecule has 3 aromatic heterocycles. The van der Waals surface area contributed by atoms with Crippen molar-refractivity contribution < 1.29 is 8.42 Å². The Morgan fingerprint density at radius 3 is 2.66 bits per heavy atom. The first-order chi connectivity index (χ1) is 16.6. The summed E-state index contributed by atoms with van der Waals surface area (Å²) in [5.41, 5.74) is 7.25. The van der Waals surface area contributed by atoms with Gasteiger partial charge in [0.05, 0.1) is 35.0 Å². The zero-order valence-electron chi connectivity index (χ0n) is 20.2. The maximum atomic E-state index is 12.2. The smallest absolute Gasteiger partial charge is 0.232 e. The molecule has 0 atom stereocenters. The van der Waals surface area contributed by atoms with E-state index in [4.69, 9.17) is 4.98 Å². The number of rotatable bonds is 6. The molecule has 8 nitrogen and oxygen atoms in total. The fourth-order valence-electron chi connectivity index (χ4n) is 4.20. The summed E-state index contributed by atoms with van der Waals surface area (Å²) in [7, 11) is -3.38. The number of aromatic amines is 1. The Morgan fingerprint density at radius 1 is 1.06 bits per heavy atom. The molecule has 0 aliphatic heterocycles. The lowest BCUT2D eigenvalue weighted by atomic mass is 10.1. The normalized spacial score (nSPS) is 12.5. The van der Waals surface area contributed by atoms with Crippen LogP contribution >= 0.6 is 0 Å². The van der Waals surface area contributed by atoms with Crippen molar-refractivity contribution in [3.05, 3.63) is 61.2 Å². The van der Waals surface area contributed by atoms with Crippen LogP contribution in [0.15, 0.2) is 61.2 Å². The van der Waals surface area contributed by atoms with Crippen LogP contribution in [0.4, 0.5) is 5.69 Å². The number of nitrogens with one attached hydrogen (secondary N) is 2. The van der Waals surface area contributed by atoms with Crippen LogP contribution < -0.4 is 4.72 Å². The maximum absolute atomic E-state index is 12.2. The van der Waals surface area contributed by atoms with Gasteiger partial charge in [-0.05, 0) is 57.0 Å². The van der Waals surface area contributed by atoms with Crippen LogP contribution in [0.5, 0.6) is 0 Å². The molecule has 5 aromatic rings. The molecule has 0 fully saturated rings. The topological polar surface area (TPSA) is 106 Å². The third-order valence-corrected chi connectivity index (χ3v) is 7.36. The first-order valence-corrected chi connectivity index (χ1v) is 13.2. The fraction of sp³-hybridized carbons (Fsp3) is 0.269. The molecular weight excluding hydrogens is 460 g/mol. The zero-order valence-corrected chi connectivity index (χ0v) is 21.0. The van der Waals surface area contributed by atoms with Crippen molar-refractivity contribution in [2.45, 2.75) is 39.7 Å². The summed E-state index contributed by atoms with van der Waals surface area (Å²) < 4.78 is 29.2. The third kappa shape index (κ3) is 4.51. The second kappa shape index (κ2) is 8.49. The second-order valence-electron chi connectivity index (χ2n) is 9.65. The molecule has 0 radical (unpaired) electrons. The van der Waals surface area contributed by atoms with E-state index in [0.717, 1.165) is 33.2 Å². The molecule has 0 saturated carbocycles. The SMILES string of the molecule is CCCS(=O)(=O)Nc1cccc(-c2cnc3[nH]cc(-c4ccc5ncn(C(C)(C)C)c5c4)c3n2)c1. The van der Waals surface area contributed by atoms with Crippen LogP contribution in [-0.2, 0) is 15.6 Å². The third-order valence-electron chi connectivity index (χ3n) is 5.87. The quantitative estimate of drug-likeness (QED) is 0.326. The molecule has 0 spiro atoms. The van der Waals surface area contributed by atoms with E-state index in [9.17, 15) is 8.42 Å². The molecule has 3 heterocycles. The zero-order chi connectivity index (χ0) is 24.8. The van der Waals surface area contributed by atoms with E-state index in [-0.39, 0.29) is 11.3 Å². The van der Waals surface area contributed by atoms with Crippen molar-refractivity contribution in [1.29, 1.82) is 0 Å². The number of hydrogen-bond donors (Lipinski definition) is 2. The molecule has 35 heavy (non-hydrogen) atoms. The summed E-state index contributed by atoms with van der Waals surface area (Å²) in [6, 6.07) is 13.4. The van der Waals surface area contributed by atoms with Gasteiger partial charge in [-0.1, -0.05) is 25.1 Å². The minimum Gasteiger partial charge on any atom is -0.344 e. The Kier molecular flexibility index (Phi) is 5.59. The molecule has 0 aliphatic carbocycles. The van der Waals surface area contributed by atoms with Gasteiger partial charge in [-0.3, -0.25) is 4.72 Å². The number of benzene rings is 2. The molecule has 2 N–H and O–H groups in total. The van der Waals surface area contributed by atoms with Crippen molar-refractivity contribution in [2.24, 2.45) is 0 Å². The number of fused-ring (bicyclic) bond motifs is 2. The van der Waals surface area contributed by atoms with Crippen LogP contribution in [0.25, 0.3) is 44.6 Å². The lowest BCUT2D eigenvalue weighted by Crippen LogP contribution is -2.20. The Bertz CT molecular complexity index is 1640. The first-order valence-electron chi connectivity index (χ1n) is 11.6. The summed E-state index contributed by atoms with van der Waals surface area (Å²) >= 11 is 0. The van der Waals surface area contributed by atoms with E-state index in [1.54, 1.807) is 18.3 Å². The number of nitrogens with zero attached hydrogens (tertiary/aromatic N) is 4. The monoisotopic (exact) mass is 488 g/mol. The highest BCUT2D eigenvalue weighted by atomic mass is 32.2. The van der Waals surface area contributed by atoms with Gasteiger partial charge in [0, 0.05) is 28.6 Å². The molecular formula is C26H28N6O2S. The molecule has 9 heteroatoms. The van der Waals surface area contributed by atoms with Crippen molar-refractivity contribution in [3.8, 4) is 22.4 Å². The Hall–Kier alpha value is -3.72. The van der Waals surface area contributed by atoms with Gasteiger partial charge in [0.2, 0.25) is 10.0 Å². The average molecular weight is 489 g/mol. The highest BCUT2D eigenvalue weighted by Gasteiger charge is 2.18. The number of aromatic nitrogens is 5. The number of sulfonamides is 1. The molecule has 0 unspecified atom stereocenters. The Labute approximate surface area is 204 Å². The van der Waals surface area contributed by atoms with Crippen molar-refractivity contribution in [1.82, 2.24) is 24.5 Å². The van der Waals surface area contributed by atoms with Crippen LogP contribution in [0.1, 0.15) is 34.1 Å². The largest absolute Gasteiger partial charge is 0.344 e. The van der Waals surface area contributed by atoms with Gasteiger partial charge in [-0.15, -0.1) is 0 Å². The minimum absolute atomic E-state index is 0.0775. The van der Waals surface area contributed by atoms with Crippen LogP contribution in [0.2, 0.25) is 0 Å². The summed E-state index contributed by atoms with van der Waals surface area (Å²) in [5, 5.41) is 0. The Balaban J connectivity index is 1.56. The Morgan fingerprint density at radius 2 is 1.89 bits per heavy atom. The highest BCUT2D eigenvalue weighted by Crippen LogP contribution is 2.32. The van der Waals surface area contributed by atoms with Crippen molar-refractivity contribution in [2.75, 3.05) is 10.5 Å². The van der Waals surface area contributed by atoms with Gasteiger partial charge in [0.1, 0.15) is 5.52 Å². The van der Waals surface area contributed by atoms with E-state index < -0.39 is 10.0 Å². The van der Waals surface area contributed by atoms with E-state index in [2.05, 4.69) is 51.1 Å². The molecule has 180 valence electrons. The predicted octanol–water partition coefficient (Wildman–Crippen LogP) is 5.55. The number of anilines is 1. The molecule has 0 aliphatic rings. The molecule has 5 rings (SSSR count). The van der Waals surface area contributed by atoms with E-state index in [0.29, 0.717) is 23.4 Å². The molecule has 0 bridgehead atoms. The maximum Gasteiger partial charge on any atom is 0.232 e. The molecule has 0 amide bonds. The highest BCUT2D eigenvalue weighted by molar-refractivity contribution is 7.92. The summed E-state index contributed by atoms with van der Waals surface area (Å²) in [4.78, 5) is 17.2. The van der Waals surface area contributed by atoms with E-state index in [1.165, 1.54) is 0 Å². The summed E-state index contributed by atoms with van der Waals surface area (Å²) in [6.45, 7) is 8.30. The molecule has 2 aromatic carbocycles. The van der Waals surface area contributed by atoms with E-state index in [1.807, 2.05) is 43.7 Å². The van der Waals surface area contributed by atoms with Gasteiger partial charge in [0.15, 0.2) is 5.65 Å². The van der Waals surface area contributed by atoms with Crippen LogP contribution in [0.3, 0.4) is 0 Å². The number of imidazole rings is 1. The first kappa shape index (κ1) is 23.0. The van der Waals surface area contributed by atoms with Gasteiger partial charge in [-0.2, -0.15) is 0 Å². The van der Waals surface area contributed by atoms with Crippen molar-refractivity contribution >= 4 is 37.9 Å². The predicted molar refractivity (Wildman–Crippen MR) is 141 cm³/mol. The van der Waals surface area contributed by atoms with Crippen LogP contribution in [-0.4, -0.2) is 38.7 Å². The summed E-state index contributed by atoms with van der Waals surface area (Å²) in [6.07, 6.45) is 6.04. The van der Waals surface area contributed by atoms with Gasteiger partial charge >= 0.3 is 0 Å². The summed E-state index contributed by atoms with van der Waals surface area (Å²) in [5.74, 6) is 0.0775. The number of H-pyrrole nitrogens is 1. The standard InChI is InChI=1S/C26H28N6O2S/c1-5-11-35(33,34)31-19-8-6-7-18(12-19)22-15-28-25-24(30-22)20(14-27-25)17-9-10-21-23(13-17)32(16-29-21)26(2,3)4/h6-10,12-16,31H,5,11H2,1-4H3,(H,27,28). The van der Waals surface area contributed by atoms with Gasteiger partial charge in [0.25, 0.3) is 0 Å². The minimum atomic E-state index is -3.38. The second-order valence-corrected chi connectivity index (χ2v) is 11.5. The van der Waals surface area contributed by atoms with Crippen LogP contribution in [0, 0.1) is 0 Å². The molecule has 0 saturated heterocycles. The van der Waals surface area contributed by atoms with Gasteiger partial charge < -0.3 is 9.55 Å².